The van der Waals surface area contributed by atoms with Crippen LogP contribution in [0.15, 0.2) is 42.6 Å². The third kappa shape index (κ3) is 2.96. The van der Waals surface area contributed by atoms with Gasteiger partial charge in [-0.05, 0) is 36.5 Å². The number of pyridine rings is 1. The summed E-state index contributed by atoms with van der Waals surface area (Å²) in [5.41, 5.74) is 4.26. The van der Waals surface area contributed by atoms with E-state index in [1.165, 1.54) is 11.3 Å². The number of urea groups is 1. The van der Waals surface area contributed by atoms with Crippen molar-refractivity contribution in [3.05, 3.63) is 59.4 Å². The number of rotatable bonds is 3. The van der Waals surface area contributed by atoms with Crippen LogP contribution >= 0.6 is 0 Å². The molecule has 0 spiro atoms. The molecular weight excluding hydrogens is 250 g/mol. The van der Waals surface area contributed by atoms with E-state index < -0.39 is 0 Å². The van der Waals surface area contributed by atoms with Gasteiger partial charge in [-0.25, -0.2) is 4.79 Å². The van der Waals surface area contributed by atoms with Crippen molar-refractivity contribution in [1.29, 1.82) is 0 Å². The minimum Gasteiger partial charge on any atom is -0.334 e. The summed E-state index contributed by atoms with van der Waals surface area (Å²) in [6.45, 7) is 0.519. The first-order valence-electron chi connectivity index (χ1n) is 6.88. The van der Waals surface area contributed by atoms with Gasteiger partial charge in [0.25, 0.3) is 0 Å². The number of nitrogens with zero attached hydrogens (tertiary/aromatic N) is 1. The van der Waals surface area contributed by atoms with Crippen LogP contribution in [0.5, 0.6) is 0 Å². The molecule has 0 aliphatic heterocycles. The van der Waals surface area contributed by atoms with E-state index in [-0.39, 0.29) is 6.03 Å². The largest absolute Gasteiger partial charge is 0.334 e. The zero-order chi connectivity index (χ0) is 13.8. The number of aromatic nitrogens is 1. The number of hydrogen-bond acceptors (Lipinski definition) is 2. The molecule has 0 saturated heterocycles. The van der Waals surface area contributed by atoms with Crippen LogP contribution < -0.4 is 10.6 Å². The molecule has 0 radical (unpaired) electrons. The molecule has 0 fully saturated rings. The zero-order valence-corrected chi connectivity index (χ0v) is 11.2. The smallest absolute Gasteiger partial charge is 0.319 e. The molecule has 4 nitrogen and oxygen atoms in total. The van der Waals surface area contributed by atoms with E-state index in [1.54, 1.807) is 6.20 Å². The molecule has 2 amide bonds. The number of carbonyl (C=O) groups is 1. The molecule has 1 heterocycles. The van der Waals surface area contributed by atoms with Crippen molar-refractivity contribution < 1.29 is 4.79 Å². The Morgan fingerprint density at radius 2 is 2.05 bits per heavy atom. The lowest BCUT2D eigenvalue weighted by molar-refractivity contribution is 0.251. The average Bonchev–Trinajstić information content (AvgIpc) is 2.94. The SMILES string of the molecule is O=C(NCc1ccccc1)Nc1cnc2c(c1)CCC2. The minimum atomic E-state index is -0.200. The Morgan fingerprint density at radius 1 is 1.20 bits per heavy atom. The van der Waals surface area contributed by atoms with Crippen molar-refractivity contribution in [2.45, 2.75) is 25.8 Å². The van der Waals surface area contributed by atoms with E-state index in [0.717, 1.165) is 30.5 Å². The molecular formula is C16H17N3O. The number of hydrogen-bond donors (Lipinski definition) is 2. The summed E-state index contributed by atoms with van der Waals surface area (Å²) in [5, 5.41) is 5.67. The predicted molar refractivity (Wildman–Crippen MR) is 78.6 cm³/mol. The first-order valence-corrected chi connectivity index (χ1v) is 6.88. The Bertz CT molecular complexity index is 610. The second-order valence-corrected chi connectivity index (χ2v) is 4.98. The summed E-state index contributed by atoms with van der Waals surface area (Å²) in [5.74, 6) is 0. The Morgan fingerprint density at radius 3 is 2.90 bits per heavy atom. The van der Waals surface area contributed by atoms with Crippen LogP contribution in [0.25, 0.3) is 0 Å². The highest BCUT2D eigenvalue weighted by molar-refractivity contribution is 5.89. The summed E-state index contributed by atoms with van der Waals surface area (Å²) >= 11 is 0. The van der Waals surface area contributed by atoms with Gasteiger partial charge in [0.2, 0.25) is 0 Å². The Balaban J connectivity index is 1.56. The summed E-state index contributed by atoms with van der Waals surface area (Å²) < 4.78 is 0. The van der Waals surface area contributed by atoms with Crippen molar-refractivity contribution in [2.24, 2.45) is 0 Å². The van der Waals surface area contributed by atoms with Gasteiger partial charge < -0.3 is 10.6 Å². The normalized spacial score (nSPS) is 12.8. The van der Waals surface area contributed by atoms with Crippen LogP contribution in [0.3, 0.4) is 0 Å². The number of anilines is 1. The van der Waals surface area contributed by atoms with Crippen molar-refractivity contribution >= 4 is 11.7 Å². The van der Waals surface area contributed by atoms with Gasteiger partial charge in [0.1, 0.15) is 0 Å². The van der Waals surface area contributed by atoms with Gasteiger partial charge in [-0.3, -0.25) is 4.98 Å². The molecule has 1 aliphatic carbocycles. The highest BCUT2D eigenvalue weighted by atomic mass is 16.2. The molecule has 0 atom stereocenters. The van der Waals surface area contributed by atoms with Gasteiger partial charge in [0, 0.05) is 12.2 Å². The lowest BCUT2D eigenvalue weighted by Crippen LogP contribution is -2.28. The number of nitrogens with one attached hydrogen (secondary N) is 2. The first-order chi connectivity index (χ1) is 9.81. The molecule has 0 saturated carbocycles. The van der Waals surface area contributed by atoms with E-state index in [1.807, 2.05) is 36.4 Å². The van der Waals surface area contributed by atoms with Crippen molar-refractivity contribution in [3.63, 3.8) is 0 Å². The standard InChI is InChI=1S/C16H17N3O/c20-16(18-10-12-5-2-1-3-6-12)19-14-9-13-7-4-8-15(13)17-11-14/h1-3,5-6,9,11H,4,7-8,10H2,(H2,18,19,20). The maximum atomic E-state index is 11.8. The molecule has 2 aromatic rings. The van der Waals surface area contributed by atoms with Gasteiger partial charge >= 0.3 is 6.03 Å². The van der Waals surface area contributed by atoms with Crippen LogP contribution in [-0.4, -0.2) is 11.0 Å². The summed E-state index contributed by atoms with van der Waals surface area (Å²) in [6.07, 6.45) is 5.00. The molecule has 1 aromatic heterocycles. The van der Waals surface area contributed by atoms with Crippen LogP contribution in [-0.2, 0) is 19.4 Å². The fourth-order valence-corrected chi connectivity index (χ4v) is 2.45. The highest BCUT2D eigenvalue weighted by Crippen LogP contribution is 2.22. The van der Waals surface area contributed by atoms with Gasteiger partial charge in [0.15, 0.2) is 0 Å². The molecule has 3 rings (SSSR count). The van der Waals surface area contributed by atoms with Crippen LogP contribution in [0.2, 0.25) is 0 Å². The lowest BCUT2D eigenvalue weighted by atomic mass is 10.2. The summed E-state index contributed by atoms with van der Waals surface area (Å²) in [4.78, 5) is 16.2. The fourth-order valence-electron chi connectivity index (χ4n) is 2.45. The van der Waals surface area contributed by atoms with Gasteiger partial charge in [-0.15, -0.1) is 0 Å². The molecule has 4 heteroatoms. The average molecular weight is 267 g/mol. The molecule has 20 heavy (non-hydrogen) atoms. The second kappa shape index (κ2) is 5.74. The van der Waals surface area contributed by atoms with Crippen LogP contribution in [0, 0.1) is 0 Å². The fraction of sp³-hybridized carbons (Fsp3) is 0.250. The van der Waals surface area contributed by atoms with E-state index >= 15 is 0 Å². The van der Waals surface area contributed by atoms with Crippen LogP contribution in [0.1, 0.15) is 23.2 Å². The molecule has 1 aliphatic rings. The molecule has 1 aromatic carbocycles. The Hall–Kier alpha value is -2.36. The number of carbonyl (C=O) groups excluding carboxylic acids is 1. The number of benzene rings is 1. The maximum Gasteiger partial charge on any atom is 0.319 e. The van der Waals surface area contributed by atoms with Crippen molar-refractivity contribution in [2.75, 3.05) is 5.32 Å². The molecule has 102 valence electrons. The van der Waals surface area contributed by atoms with E-state index in [0.29, 0.717) is 6.54 Å². The quantitative estimate of drug-likeness (QED) is 0.898. The minimum absolute atomic E-state index is 0.200. The van der Waals surface area contributed by atoms with Gasteiger partial charge in [0.05, 0.1) is 11.9 Å². The van der Waals surface area contributed by atoms with Crippen LogP contribution in [0.4, 0.5) is 10.5 Å². The highest BCUT2D eigenvalue weighted by Gasteiger charge is 2.13. The summed E-state index contributed by atoms with van der Waals surface area (Å²) in [6, 6.07) is 11.7. The number of fused-ring (bicyclic) bond motifs is 1. The predicted octanol–water partition coefficient (Wildman–Crippen LogP) is 2.89. The maximum absolute atomic E-state index is 11.8. The van der Waals surface area contributed by atoms with E-state index in [9.17, 15) is 4.79 Å². The summed E-state index contributed by atoms with van der Waals surface area (Å²) in [7, 11) is 0. The lowest BCUT2D eigenvalue weighted by Gasteiger charge is -2.08. The zero-order valence-electron chi connectivity index (χ0n) is 11.2. The molecule has 2 N–H and O–H groups in total. The third-order valence-electron chi connectivity index (χ3n) is 3.47. The second-order valence-electron chi connectivity index (χ2n) is 4.98. The molecule has 0 unspecified atom stereocenters. The van der Waals surface area contributed by atoms with E-state index in [2.05, 4.69) is 15.6 Å². The monoisotopic (exact) mass is 267 g/mol. The first kappa shape index (κ1) is 12.7. The van der Waals surface area contributed by atoms with E-state index in [4.69, 9.17) is 0 Å². The molecule has 0 bridgehead atoms. The Kier molecular flexibility index (Phi) is 3.63. The topological polar surface area (TPSA) is 54.0 Å². The van der Waals surface area contributed by atoms with Gasteiger partial charge in [-0.1, -0.05) is 30.3 Å². The van der Waals surface area contributed by atoms with Crippen molar-refractivity contribution in [3.8, 4) is 0 Å². The third-order valence-corrected chi connectivity index (χ3v) is 3.47. The van der Waals surface area contributed by atoms with Crippen molar-refractivity contribution in [1.82, 2.24) is 10.3 Å². The number of aryl methyl sites for hydroxylation is 2. The Labute approximate surface area is 118 Å². The number of amides is 2. The van der Waals surface area contributed by atoms with Gasteiger partial charge in [-0.2, -0.15) is 0 Å².